The summed E-state index contributed by atoms with van der Waals surface area (Å²) in [5.41, 5.74) is 3.40. The van der Waals surface area contributed by atoms with E-state index in [-0.39, 0.29) is 5.91 Å². The van der Waals surface area contributed by atoms with E-state index in [0.717, 1.165) is 24.1 Å². The Kier molecular flexibility index (Phi) is 6.01. The minimum absolute atomic E-state index is 0.108. The number of unbranched alkanes of at least 4 members (excludes halogenated alkanes) is 2. The molecule has 110 valence electrons. The van der Waals surface area contributed by atoms with Crippen molar-refractivity contribution in [1.82, 2.24) is 5.32 Å². The largest absolute Gasteiger partial charge is 0.356 e. The van der Waals surface area contributed by atoms with Gasteiger partial charge in [-0.3, -0.25) is 4.79 Å². The quantitative estimate of drug-likeness (QED) is 0.757. The maximum atomic E-state index is 11.9. The van der Waals surface area contributed by atoms with Crippen LogP contribution in [0.4, 0.5) is 0 Å². The minimum Gasteiger partial charge on any atom is -0.356 e. The van der Waals surface area contributed by atoms with Gasteiger partial charge in [0.15, 0.2) is 0 Å². The van der Waals surface area contributed by atoms with Crippen LogP contribution in [-0.4, -0.2) is 12.5 Å². The van der Waals surface area contributed by atoms with E-state index >= 15 is 0 Å². The zero-order valence-corrected chi connectivity index (χ0v) is 12.6. The number of hydrogen-bond donors (Lipinski definition) is 1. The first kappa shape index (κ1) is 15.3. The smallest absolute Gasteiger partial charge is 0.224 e. The van der Waals surface area contributed by atoms with Gasteiger partial charge >= 0.3 is 0 Å². The average Bonchev–Trinajstić information content (AvgIpc) is 2.53. The summed E-state index contributed by atoms with van der Waals surface area (Å²) < 4.78 is 0. The number of carbonyl (C=O) groups is 1. The van der Waals surface area contributed by atoms with Crippen molar-refractivity contribution in [3.63, 3.8) is 0 Å². The summed E-state index contributed by atoms with van der Waals surface area (Å²) in [4.78, 5) is 11.9. The van der Waals surface area contributed by atoms with E-state index in [4.69, 9.17) is 0 Å². The maximum Gasteiger partial charge on any atom is 0.224 e. The van der Waals surface area contributed by atoms with E-state index in [0.29, 0.717) is 6.42 Å². The molecule has 0 unspecified atom stereocenters. The molecule has 0 aliphatic rings. The lowest BCUT2D eigenvalue weighted by Gasteiger charge is -2.07. The lowest BCUT2D eigenvalue weighted by atomic mass is 10.0. The highest BCUT2D eigenvalue weighted by molar-refractivity contribution is 5.79. The van der Waals surface area contributed by atoms with Crippen LogP contribution in [0.15, 0.2) is 54.6 Å². The zero-order valence-electron chi connectivity index (χ0n) is 12.6. The fourth-order valence-electron chi connectivity index (χ4n) is 2.34. The van der Waals surface area contributed by atoms with Gasteiger partial charge in [-0.25, -0.2) is 0 Å². The summed E-state index contributed by atoms with van der Waals surface area (Å²) in [7, 11) is 0. The molecule has 2 aromatic carbocycles. The highest BCUT2D eigenvalue weighted by atomic mass is 16.1. The third-order valence-electron chi connectivity index (χ3n) is 3.50. The normalized spacial score (nSPS) is 10.3. The van der Waals surface area contributed by atoms with E-state index in [2.05, 4.69) is 36.5 Å². The van der Waals surface area contributed by atoms with Crippen LogP contribution in [0.1, 0.15) is 31.7 Å². The first-order valence-corrected chi connectivity index (χ1v) is 7.70. The van der Waals surface area contributed by atoms with Gasteiger partial charge in [-0.15, -0.1) is 0 Å². The fraction of sp³-hybridized carbons (Fsp3) is 0.316. The van der Waals surface area contributed by atoms with Crippen LogP contribution >= 0.6 is 0 Å². The average molecular weight is 281 g/mol. The van der Waals surface area contributed by atoms with E-state index in [1.54, 1.807) is 0 Å². The molecule has 0 radical (unpaired) electrons. The van der Waals surface area contributed by atoms with E-state index < -0.39 is 0 Å². The number of amides is 1. The topological polar surface area (TPSA) is 29.1 Å². The molecule has 0 aliphatic carbocycles. The molecule has 2 heteroatoms. The molecular weight excluding hydrogens is 258 g/mol. The van der Waals surface area contributed by atoms with Crippen LogP contribution in [0.2, 0.25) is 0 Å². The second-order valence-corrected chi connectivity index (χ2v) is 5.30. The standard InChI is InChI=1S/C19H23NO/c1-2-3-7-13-20-19(21)15-16-9-8-12-18(14-16)17-10-5-4-6-11-17/h4-6,8-12,14H,2-3,7,13,15H2,1H3,(H,20,21). The molecule has 0 saturated carbocycles. The molecule has 0 fully saturated rings. The fourth-order valence-corrected chi connectivity index (χ4v) is 2.34. The second kappa shape index (κ2) is 8.25. The monoisotopic (exact) mass is 281 g/mol. The van der Waals surface area contributed by atoms with E-state index in [1.807, 2.05) is 30.3 Å². The van der Waals surface area contributed by atoms with Crippen molar-refractivity contribution in [3.8, 4) is 11.1 Å². The first-order valence-electron chi connectivity index (χ1n) is 7.70. The van der Waals surface area contributed by atoms with Crippen LogP contribution < -0.4 is 5.32 Å². The molecule has 2 nitrogen and oxygen atoms in total. The number of benzene rings is 2. The van der Waals surface area contributed by atoms with Gasteiger partial charge in [0.2, 0.25) is 5.91 Å². The molecule has 0 saturated heterocycles. The lowest BCUT2D eigenvalue weighted by Crippen LogP contribution is -2.26. The van der Waals surface area contributed by atoms with Crippen molar-refractivity contribution >= 4 is 5.91 Å². The molecule has 1 amide bonds. The Morgan fingerprint density at radius 1 is 0.952 bits per heavy atom. The van der Waals surface area contributed by atoms with E-state index in [9.17, 15) is 4.79 Å². The lowest BCUT2D eigenvalue weighted by molar-refractivity contribution is -0.120. The molecule has 2 aromatic rings. The van der Waals surface area contributed by atoms with Gasteiger partial charge in [-0.2, -0.15) is 0 Å². The second-order valence-electron chi connectivity index (χ2n) is 5.30. The van der Waals surface area contributed by atoms with Crippen molar-refractivity contribution in [3.05, 3.63) is 60.2 Å². The number of carbonyl (C=O) groups excluding carboxylic acids is 1. The van der Waals surface area contributed by atoms with Gasteiger partial charge in [0.1, 0.15) is 0 Å². The molecule has 0 heterocycles. The minimum atomic E-state index is 0.108. The summed E-state index contributed by atoms with van der Waals surface area (Å²) in [5.74, 6) is 0.108. The van der Waals surface area contributed by atoms with Crippen molar-refractivity contribution in [2.24, 2.45) is 0 Å². The van der Waals surface area contributed by atoms with Crippen LogP contribution in [-0.2, 0) is 11.2 Å². The summed E-state index contributed by atoms with van der Waals surface area (Å²) >= 11 is 0. The molecule has 1 N–H and O–H groups in total. The predicted molar refractivity (Wildman–Crippen MR) is 88.1 cm³/mol. The number of rotatable bonds is 7. The first-order chi connectivity index (χ1) is 10.3. The van der Waals surface area contributed by atoms with Crippen molar-refractivity contribution in [2.45, 2.75) is 32.6 Å². The van der Waals surface area contributed by atoms with Crippen LogP contribution in [0.5, 0.6) is 0 Å². The zero-order chi connectivity index (χ0) is 14.9. The molecular formula is C19H23NO. The predicted octanol–water partition coefficient (Wildman–Crippen LogP) is 4.20. The maximum absolute atomic E-state index is 11.9. The van der Waals surface area contributed by atoms with Crippen LogP contribution in [0.25, 0.3) is 11.1 Å². The Hall–Kier alpha value is -2.09. The van der Waals surface area contributed by atoms with Gasteiger partial charge < -0.3 is 5.32 Å². The molecule has 0 bridgehead atoms. The number of hydrogen-bond acceptors (Lipinski definition) is 1. The third-order valence-corrected chi connectivity index (χ3v) is 3.50. The Morgan fingerprint density at radius 3 is 2.48 bits per heavy atom. The Bertz CT molecular complexity index is 563. The summed E-state index contributed by atoms with van der Waals surface area (Å²) in [6.07, 6.45) is 3.86. The molecule has 0 aliphatic heterocycles. The Morgan fingerprint density at radius 2 is 1.71 bits per heavy atom. The molecule has 21 heavy (non-hydrogen) atoms. The molecule has 2 rings (SSSR count). The molecule has 0 atom stereocenters. The Labute approximate surface area is 127 Å². The third kappa shape index (κ3) is 5.07. The SMILES string of the molecule is CCCCCNC(=O)Cc1cccc(-c2ccccc2)c1. The van der Waals surface area contributed by atoms with Crippen molar-refractivity contribution in [1.29, 1.82) is 0 Å². The Balaban J connectivity index is 1.94. The highest BCUT2D eigenvalue weighted by Crippen LogP contribution is 2.20. The summed E-state index contributed by atoms with van der Waals surface area (Å²) in [6, 6.07) is 18.5. The van der Waals surface area contributed by atoms with Crippen LogP contribution in [0, 0.1) is 0 Å². The van der Waals surface area contributed by atoms with Gasteiger partial charge in [-0.05, 0) is 23.1 Å². The van der Waals surface area contributed by atoms with E-state index in [1.165, 1.54) is 18.4 Å². The van der Waals surface area contributed by atoms with Crippen LogP contribution in [0.3, 0.4) is 0 Å². The van der Waals surface area contributed by atoms with Gasteiger partial charge in [0, 0.05) is 6.54 Å². The van der Waals surface area contributed by atoms with Crippen molar-refractivity contribution in [2.75, 3.05) is 6.54 Å². The highest BCUT2D eigenvalue weighted by Gasteiger charge is 2.04. The summed E-state index contributed by atoms with van der Waals surface area (Å²) in [6.45, 7) is 2.95. The number of nitrogens with one attached hydrogen (secondary N) is 1. The van der Waals surface area contributed by atoms with Gasteiger partial charge in [0.25, 0.3) is 0 Å². The van der Waals surface area contributed by atoms with Gasteiger partial charge in [-0.1, -0.05) is 74.4 Å². The van der Waals surface area contributed by atoms with Gasteiger partial charge in [0.05, 0.1) is 6.42 Å². The van der Waals surface area contributed by atoms with Crippen molar-refractivity contribution < 1.29 is 4.79 Å². The molecule has 0 spiro atoms. The summed E-state index contributed by atoms with van der Waals surface area (Å²) in [5, 5.41) is 2.99. The molecule has 0 aromatic heterocycles.